The van der Waals surface area contributed by atoms with Gasteiger partial charge in [0.25, 0.3) is 0 Å². The van der Waals surface area contributed by atoms with Crippen LogP contribution in [-0.4, -0.2) is 10.0 Å². The van der Waals surface area contributed by atoms with Crippen molar-refractivity contribution < 1.29 is 4.74 Å². The van der Waals surface area contributed by atoms with Crippen LogP contribution in [0.15, 0.2) is 18.5 Å². The molecular formula is C7H6ClNOS. The van der Waals surface area contributed by atoms with Gasteiger partial charge >= 0.3 is 0 Å². The topological polar surface area (TPSA) is 22.1 Å². The molecule has 2 nitrogen and oxygen atoms in total. The summed E-state index contributed by atoms with van der Waals surface area (Å²) in [4.78, 5) is 3.82. The van der Waals surface area contributed by atoms with Crippen LogP contribution >= 0.6 is 23.8 Å². The molecule has 11 heavy (non-hydrogen) atoms. The molecule has 0 saturated carbocycles. The molecule has 1 aromatic rings. The fourth-order valence-corrected chi connectivity index (χ4v) is 0.874. The van der Waals surface area contributed by atoms with Crippen LogP contribution in [0.2, 0.25) is 5.02 Å². The minimum Gasteiger partial charge on any atom is -0.449 e. The highest BCUT2D eigenvalue weighted by Crippen LogP contribution is 2.15. The van der Waals surface area contributed by atoms with E-state index in [0.717, 1.165) is 0 Å². The first kappa shape index (κ1) is 8.43. The number of pyridine rings is 1. The summed E-state index contributed by atoms with van der Waals surface area (Å²) in [6, 6.07) is 1.66. The summed E-state index contributed by atoms with van der Waals surface area (Å²) in [5, 5.41) is 0.993. The van der Waals surface area contributed by atoms with E-state index in [2.05, 4.69) is 4.98 Å². The highest BCUT2D eigenvalue weighted by Gasteiger charge is 1.95. The second-order valence-electron chi connectivity index (χ2n) is 1.93. The van der Waals surface area contributed by atoms with Crippen molar-refractivity contribution in [3.8, 4) is 5.75 Å². The minimum atomic E-state index is 0.453. The standard InChI is InChI=1S/C7H6ClNOS/c1-5(11)10-7-2-6(8)3-9-4-7/h2-4H,1H3. The number of rotatable bonds is 1. The summed E-state index contributed by atoms with van der Waals surface area (Å²) < 4.78 is 5.08. The Morgan fingerprint density at radius 1 is 1.64 bits per heavy atom. The van der Waals surface area contributed by atoms with Crippen LogP contribution < -0.4 is 4.74 Å². The maximum Gasteiger partial charge on any atom is 0.164 e. The number of halogens is 1. The van der Waals surface area contributed by atoms with Gasteiger partial charge in [-0.1, -0.05) is 11.6 Å². The van der Waals surface area contributed by atoms with E-state index in [1.54, 1.807) is 19.2 Å². The monoisotopic (exact) mass is 187 g/mol. The Morgan fingerprint density at radius 3 is 2.91 bits per heavy atom. The van der Waals surface area contributed by atoms with Crippen molar-refractivity contribution in [2.75, 3.05) is 0 Å². The first-order valence-corrected chi connectivity index (χ1v) is 3.76. The fraction of sp³-hybridized carbons (Fsp3) is 0.143. The van der Waals surface area contributed by atoms with Gasteiger partial charge in [0.2, 0.25) is 0 Å². The van der Waals surface area contributed by atoms with Crippen LogP contribution in [-0.2, 0) is 0 Å². The largest absolute Gasteiger partial charge is 0.449 e. The Hall–Kier alpha value is -0.670. The smallest absolute Gasteiger partial charge is 0.164 e. The zero-order valence-corrected chi connectivity index (χ0v) is 7.45. The lowest BCUT2D eigenvalue weighted by Gasteiger charge is -2.00. The van der Waals surface area contributed by atoms with Crippen LogP contribution in [0.1, 0.15) is 6.92 Å². The molecule has 0 aliphatic carbocycles. The summed E-state index contributed by atoms with van der Waals surface area (Å²) in [7, 11) is 0. The van der Waals surface area contributed by atoms with E-state index in [1.165, 1.54) is 6.20 Å². The molecule has 0 fully saturated rings. The maximum atomic E-state index is 5.64. The summed E-state index contributed by atoms with van der Waals surface area (Å²) in [6.07, 6.45) is 3.09. The second-order valence-corrected chi connectivity index (χ2v) is 2.94. The zero-order chi connectivity index (χ0) is 8.27. The second kappa shape index (κ2) is 3.64. The van der Waals surface area contributed by atoms with Crippen molar-refractivity contribution in [2.24, 2.45) is 0 Å². The van der Waals surface area contributed by atoms with Gasteiger partial charge in [-0.2, -0.15) is 0 Å². The number of hydrogen-bond donors (Lipinski definition) is 0. The lowest BCUT2D eigenvalue weighted by atomic mass is 10.5. The Balaban J connectivity index is 2.79. The first-order valence-electron chi connectivity index (χ1n) is 2.97. The van der Waals surface area contributed by atoms with Gasteiger partial charge in [-0.15, -0.1) is 0 Å². The van der Waals surface area contributed by atoms with Crippen LogP contribution in [0.5, 0.6) is 5.75 Å². The number of aromatic nitrogens is 1. The van der Waals surface area contributed by atoms with Gasteiger partial charge in [0.05, 0.1) is 11.2 Å². The van der Waals surface area contributed by atoms with E-state index in [9.17, 15) is 0 Å². The van der Waals surface area contributed by atoms with E-state index in [1.807, 2.05) is 0 Å². The molecule has 0 bridgehead atoms. The molecule has 0 unspecified atom stereocenters. The highest BCUT2D eigenvalue weighted by atomic mass is 35.5. The van der Waals surface area contributed by atoms with Crippen molar-refractivity contribution in [3.05, 3.63) is 23.5 Å². The van der Waals surface area contributed by atoms with Crippen molar-refractivity contribution in [2.45, 2.75) is 6.92 Å². The maximum absolute atomic E-state index is 5.64. The van der Waals surface area contributed by atoms with Gasteiger partial charge in [0.15, 0.2) is 5.05 Å². The fourth-order valence-electron chi connectivity index (χ4n) is 0.614. The van der Waals surface area contributed by atoms with Crippen molar-refractivity contribution in [3.63, 3.8) is 0 Å². The average molecular weight is 188 g/mol. The van der Waals surface area contributed by atoms with Gasteiger partial charge in [0.1, 0.15) is 5.75 Å². The molecule has 0 atom stereocenters. The number of ether oxygens (including phenoxy) is 1. The van der Waals surface area contributed by atoms with Crippen LogP contribution in [0, 0.1) is 0 Å². The van der Waals surface area contributed by atoms with E-state index < -0.39 is 0 Å². The van der Waals surface area contributed by atoms with E-state index in [0.29, 0.717) is 15.8 Å². The lowest BCUT2D eigenvalue weighted by molar-refractivity contribution is 0.558. The third-order valence-electron chi connectivity index (χ3n) is 0.941. The molecule has 0 radical (unpaired) electrons. The Labute approximate surface area is 75.2 Å². The molecule has 0 aliphatic rings. The van der Waals surface area contributed by atoms with Crippen LogP contribution in [0.3, 0.4) is 0 Å². The lowest BCUT2D eigenvalue weighted by Crippen LogP contribution is -1.98. The molecule has 1 aromatic heterocycles. The summed E-state index contributed by atoms with van der Waals surface area (Å²) in [5.74, 6) is 0.574. The Bertz CT molecular complexity index is 277. The number of hydrogen-bond acceptors (Lipinski definition) is 3. The Morgan fingerprint density at radius 2 is 2.36 bits per heavy atom. The Kier molecular flexibility index (Phi) is 2.79. The normalized spacial score (nSPS) is 9.27. The van der Waals surface area contributed by atoms with Gasteiger partial charge < -0.3 is 4.74 Å². The third kappa shape index (κ3) is 2.82. The molecule has 0 saturated heterocycles. The third-order valence-corrected chi connectivity index (χ3v) is 1.23. The number of thiocarbonyl (C=S) groups is 1. The minimum absolute atomic E-state index is 0.453. The quantitative estimate of drug-likeness (QED) is 0.631. The van der Waals surface area contributed by atoms with Crippen LogP contribution in [0.4, 0.5) is 0 Å². The van der Waals surface area contributed by atoms with Gasteiger partial charge in [-0.3, -0.25) is 4.98 Å². The molecule has 58 valence electrons. The van der Waals surface area contributed by atoms with E-state index in [-0.39, 0.29) is 0 Å². The van der Waals surface area contributed by atoms with Crippen LogP contribution in [0.25, 0.3) is 0 Å². The molecule has 4 heteroatoms. The number of nitrogens with zero attached hydrogens (tertiary/aromatic N) is 1. The highest BCUT2D eigenvalue weighted by molar-refractivity contribution is 7.80. The molecule has 0 N–H and O–H groups in total. The SMILES string of the molecule is CC(=S)Oc1cncc(Cl)c1. The molecular weight excluding hydrogens is 182 g/mol. The van der Waals surface area contributed by atoms with Gasteiger partial charge in [-0.05, 0) is 12.2 Å². The zero-order valence-electron chi connectivity index (χ0n) is 5.87. The van der Waals surface area contributed by atoms with Crippen molar-refractivity contribution in [1.29, 1.82) is 0 Å². The average Bonchev–Trinajstić information content (AvgIpc) is 1.85. The predicted octanol–water partition coefficient (Wildman–Crippen LogP) is 2.46. The summed E-state index contributed by atoms with van der Waals surface area (Å²) in [5.41, 5.74) is 0. The molecule has 0 amide bonds. The summed E-state index contributed by atoms with van der Waals surface area (Å²) in [6.45, 7) is 1.69. The molecule has 1 heterocycles. The first-order chi connectivity index (χ1) is 5.18. The summed E-state index contributed by atoms with van der Waals surface area (Å²) >= 11 is 10.4. The molecule has 1 rings (SSSR count). The molecule has 0 spiro atoms. The van der Waals surface area contributed by atoms with Gasteiger partial charge in [0, 0.05) is 19.2 Å². The van der Waals surface area contributed by atoms with E-state index >= 15 is 0 Å². The predicted molar refractivity (Wildman–Crippen MR) is 48.1 cm³/mol. The van der Waals surface area contributed by atoms with Crippen molar-refractivity contribution >= 4 is 28.9 Å². The van der Waals surface area contributed by atoms with Gasteiger partial charge in [-0.25, -0.2) is 0 Å². The molecule has 0 aromatic carbocycles. The van der Waals surface area contributed by atoms with Crippen molar-refractivity contribution in [1.82, 2.24) is 4.98 Å². The van der Waals surface area contributed by atoms with E-state index in [4.69, 9.17) is 28.6 Å². The molecule has 0 aliphatic heterocycles.